The zero-order valence-corrected chi connectivity index (χ0v) is 11.7. The smallest absolute Gasteiger partial charge is 0.396 e. The molecule has 1 rings (SSSR count). The van der Waals surface area contributed by atoms with Crippen molar-refractivity contribution < 1.29 is 19.1 Å². The van der Waals surface area contributed by atoms with Crippen LogP contribution in [-0.4, -0.2) is 38.0 Å². The van der Waals surface area contributed by atoms with Gasteiger partial charge < -0.3 is 14.4 Å². The summed E-state index contributed by atoms with van der Waals surface area (Å²) in [4.78, 5) is 24.1. The average molecular weight is 265 g/mol. The van der Waals surface area contributed by atoms with Crippen molar-refractivity contribution in [1.29, 1.82) is 0 Å². The Hall–Kier alpha value is -2.04. The topological polar surface area (TPSA) is 55.8 Å². The molecular weight excluding hydrogens is 246 g/mol. The second-order valence-corrected chi connectivity index (χ2v) is 4.15. The Bertz CT molecular complexity index is 471. The lowest BCUT2D eigenvalue weighted by atomic mass is 10.1. The molecule has 0 spiro atoms. The van der Waals surface area contributed by atoms with E-state index in [-0.39, 0.29) is 0 Å². The number of likely N-dealkylation sites (N-methyl/N-ethyl adjacent to an activating group) is 1. The zero-order chi connectivity index (χ0) is 14.4. The third-order valence-electron chi connectivity index (χ3n) is 2.87. The van der Waals surface area contributed by atoms with Crippen molar-refractivity contribution in [3.8, 4) is 5.75 Å². The number of esters is 1. The molecule has 0 saturated carbocycles. The van der Waals surface area contributed by atoms with Gasteiger partial charge in [-0.05, 0) is 18.1 Å². The molecule has 0 fully saturated rings. The van der Waals surface area contributed by atoms with Crippen LogP contribution in [0.2, 0.25) is 0 Å². The van der Waals surface area contributed by atoms with Crippen molar-refractivity contribution >= 4 is 11.9 Å². The molecule has 0 aliphatic carbocycles. The van der Waals surface area contributed by atoms with Crippen LogP contribution in [0.5, 0.6) is 5.75 Å². The molecule has 19 heavy (non-hydrogen) atoms. The maximum absolute atomic E-state index is 11.6. The van der Waals surface area contributed by atoms with Crippen LogP contribution >= 0.6 is 0 Å². The van der Waals surface area contributed by atoms with Crippen molar-refractivity contribution in [2.24, 2.45) is 0 Å². The summed E-state index contributed by atoms with van der Waals surface area (Å²) in [5.74, 6) is -0.846. The molecule has 0 unspecified atom stereocenters. The second kappa shape index (κ2) is 6.78. The minimum atomic E-state index is -0.867. The van der Waals surface area contributed by atoms with E-state index >= 15 is 0 Å². The first-order chi connectivity index (χ1) is 9.03. The monoisotopic (exact) mass is 265 g/mol. The van der Waals surface area contributed by atoms with Gasteiger partial charge in [0.05, 0.1) is 14.2 Å². The van der Waals surface area contributed by atoms with E-state index in [0.29, 0.717) is 12.3 Å². The molecule has 0 atom stereocenters. The summed E-state index contributed by atoms with van der Waals surface area (Å²) in [6, 6.07) is 5.81. The molecule has 5 heteroatoms. The lowest BCUT2D eigenvalue weighted by Crippen LogP contribution is -2.33. The standard InChI is InChI=1S/C14H19NO4/c1-5-10-6-7-12(18-3)11(8-10)9-15(2)13(16)14(17)19-4/h6-8H,5,9H2,1-4H3. The van der Waals surface area contributed by atoms with E-state index in [4.69, 9.17) is 4.74 Å². The highest BCUT2D eigenvalue weighted by Gasteiger charge is 2.20. The van der Waals surface area contributed by atoms with E-state index in [9.17, 15) is 9.59 Å². The molecule has 1 aromatic rings. The van der Waals surface area contributed by atoms with Gasteiger partial charge in [-0.25, -0.2) is 4.79 Å². The van der Waals surface area contributed by atoms with Crippen LogP contribution in [0.4, 0.5) is 0 Å². The Morgan fingerprint density at radius 2 is 1.95 bits per heavy atom. The number of aryl methyl sites for hydroxylation is 1. The first kappa shape index (κ1) is 15.0. The summed E-state index contributed by atoms with van der Waals surface area (Å²) in [7, 11) is 4.32. The van der Waals surface area contributed by atoms with Crippen molar-refractivity contribution in [3.63, 3.8) is 0 Å². The number of rotatable bonds is 4. The third-order valence-corrected chi connectivity index (χ3v) is 2.87. The van der Waals surface area contributed by atoms with Gasteiger partial charge in [0, 0.05) is 19.2 Å². The van der Waals surface area contributed by atoms with Gasteiger partial charge in [0.1, 0.15) is 5.75 Å². The minimum Gasteiger partial charge on any atom is -0.496 e. The molecule has 0 aromatic heterocycles. The molecule has 0 heterocycles. The maximum Gasteiger partial charge on any atom is 0.396 e. The normalized spacial score (nSPS) is 9.89. The van der Waals surface area contributed by atoms with Crippen LogP contribution in [0.3, 0.4) is 0 Å². The van der Waals surface area contributed by atoms with Gasteiger partial charge in [0.15, 0.2) is 0 Å². The summed E-state index contributed by atoms with van der Waals surface area (Å²) in [5, 5.41) is 0. The Labute approximate surface area is 113 Å². The first-order valence-electron chi connectivity index (χ1n) is 6.02. The zero-order valence-electron chi connectivity index (χ0n) is 11.7. The van der Waals surface area contributed by atoms with Crippen molar-refractivity contribution in [2.45, 2.75) is 19.9 Å². The van der Waals surface area contributed by atoms with E-state index < -0.39 is 11.9 Å². The van der Waals surface area contributed by atoms with Crippen LogP contribution in [0.15, 0.2) is 18.2 Å². The Kier molecular flexibility index (Phi) is 5.36. The Balaban J connectivity index is 2.91. The Morgan fingerprint density at radius 3 is 2.47 bits per heavy atom. The van der Waals surface area contributed by atoms with Crippen LogP contribution in [-0.2, 0) is 27.3 Å². The number of hydrogen-bond acceptors (Lipinski definition) is 4. The molecule has 0 aliphatic rings. The predicted molar refractivity (Wildman–Crippen MR) is 70.9 cm³/mol. The number of nitrogens with zero attached hydrogens (tertiary/aromatic N) is 1. The van der Waals surface area contributed by atoms with E-state index in [1.54, 1.807) is 14.2 Å². The van der Waals surface area contributed by atoms with Crippen molar-refractivity contribution in [3.05, 3.63) is 29.3 Å². The molecule has 0 aliphatic heterocycles. The molecule has 1 amide bonds. The summed E-state index contributed by atoms with van der Waals surface area (Å²) in [6.07, 6.45) is 0.895. The first-order valence-corrected chi connectivity index (χ1v) is 6.02. The molecule has 0 bridgehead atoms. The quantitative estimate of drug-likeness (QED) is 0.610. The SMILES string of the molecule is CCc1ccc(OC)c(CN(C)C(=O)C(=O)OC)c1. The molecule has 104 valence electrons. The van der Waals surface area contributed by atoms with Gasteiger partial charge >= 0.3 is 11.9 Å². The van der Waals surface area contributed by atoms with E-state index in [1.807, 2.05) is 18.2 Å². The number of hydrogen-bond donors (Lipinski definition) is 0. The minimum absolute atomic E-state index is 0.297. The predicted octanol–water partition coefficient (Wildman–Crippen LogP) is 1.39. The van der Waals surface area contributed by atoms with Crippen LogP contribution < -0.4 is 4.74 Å². The van der Waals surface area contributed by atoms with Gasteiger partial charge in [-0.1, -0.05) is 19.1 Å². The highest BCUT2D eigenvalue weighted by Crippen LogP contribution is 2.21. The maximum atomic E-state index is 11.6. The molecular formula is C14H19NO4. The van der Waals surface area contributed by atoms with Crippen LogP contribution in [0.25, 0.3) is 0 Å². The fourth-order valence-electron chi connectivity index (χ4n) is 1.75. The van der Waals surface area contributed by atoms with Gasteiger partial charge in [-0.15, -0.1) is 0 Å². The van der Waals surface area contributed by atoms with Crippen molar-refractivity contribution in [2.75, 3.05) is 21.3 Å². The lowest BCUT2D eigenvalue weighted by Gasteiger charge is -2.18. The molecule has 0 N–H and O–H groups in total. The van der Waals surface area contributed by atoms with Gasteiger partial charge in [0.25, 0.3) is 0 Å². The fourth-order valence-corrected chi connectivity index (χ4v) is 1.75. The number of carbonyl (C=O) groups is 2. The average Bonchev–Trinajstić information content (AvgIpc) is 2.45. The van der Waals surface area contributed by atoms with E-state index in [1.165, 1.54) is 12.0 Å². The summed E-state index contributed by atoms with van der Waals surface area (Å²) < 4.78 is 9.67. The lowest BCUT2D eigenvalue weighted by molar-refractivity contribution is -0.157. The number of ether oxygens (including phenoxy) is 2. The highest BCUT2D eigenvalue weighted by molar-refractivity contribution is 6.32. The van der Waals surface area contributed by atoms with Crippen LogP contribution in [0, 0.1) is 0 Å². The van der Waals surface area contributed by atoms with Gasteiger partial charge in [-0.3, -0.25) is 4.79 Å². The summed E-state index contributed by atoms with van der Waals surface area (Å²) >= 11 is 0. The molecule has 5 nitrogen and oxygen atoms in total. The molecule has 0 saturated heterocycles. The van der Waals surface area contributed by atoms with Gasteiger partial charge in [0.2, 0.25) is 0 Å². The van der Waals surface area contributed by atoms with E-state index in [0.717, 1.165) is 17.5 Å². The van der Waals surface area contributed by atoms with Crippen LogP contribution in [0.1, 0.15) is 18.1 Å². The largest absolute Gasteiger partial charge is 0.496 e. The van der Waals surface area contributed by atoms with Gasteiger partial charge in [-0.2, -0.15) is 0 Å². The molecule has 1 aromatic carbocycles. The number of methoxy groups -OCH3 is 2. The summed E-state index contributed by atoms with van der Waals surface area (Å²) in [5.41, 5.74) is 2.01. The van der Waals surface area contributed by atoms with Crippen molar-refractivity contribution in [1.82, 2.24) is 4.90 Å². The third kappa shape index (κ3) is 3.71. The number of carbonyl (C=O) groups excluding carboxylic acids is 2. The second-order valence-electron chi connectivity index (χ2n) is 4.15. The fraction of sp³-hybridized carbons (Fsp3) is 0.429. The van der Waals surface area contributed by atoms with E-state index in [2.05, 4.69) is 11.7 Å². The highest BCUT2D eigenvalue weighted by atomic mass is 16.5. The molecule has 0 radical (unpaired) electrons. The Morgan fingerprint density at radius 1 is 1.26 bits per heavy atom. The number of benzene rings is 1. The number of amides is 1. The summed E-state index contributed by atoms with van der Waals surface area (Å²) in [6.45, 7) is 2.35.